The van der Waals surface area contributed by atoms with Crippen LogP contribution in [0.5, 0.6) is 5.75 Å². The van der Waals surface area contributed by atoms with E-state index in [2.05, 4.69) is 5.32 Å². The summed E-state index contributed by atoms with van der Waals surface area (Å²) in [6.45, 7) is 1.25. The van der Waals surface area contributed by atoms with Crippen molar-refractivity contribution in [2.75, 3.05) is 18.1 Å². The van der Waals surface area contributed by atoms with Crippen LogP contribution in [0.3, 0.4) is 0 Å². The van der Waals surface area contributed by atoms with E-state index in [0.29, 0.717) is 17.2 Å². The molecule has 0 spiro atoms. The largest absolute Gasteiger partial charge is 0.491 e. The van der Waals surface area contributed by atoms with Gasteiger partial charge in [-0.05, 0) is 67.5 Å². The van der Waals surface area contributed by atoms with Gasteiger partial charge in [0.15, 0.2) is 0 Å². The highest BCUT2D eigenvalue weighted by molar-refractivity contribution is 6.11. The minimum absolute atomic E-state index is 0.0922. The first-order valence-corrected chi connectivity index (χ1v) is 12.1. The van der Waals surface area contributed by atoms with Crippen molar-refractivity contribution in [3.8, 4) is 5.75 Å². The zero-order chi connectivity index (χ0) is 25.6. The molecule has 3 fully saturated rings. The molecule has 1 saturated carbocycles. The van der Waals surface area contributed by atoms with Crippen LogP contribution in [-0.2, 0) is 9.59 Å². The molecule has 190 valence electrons. The average molecular weight is 498 g/mol. The lowest BCUT2D eigenvalue weighted by atomic mass is 10.1. The number of hydrogen-bond donors (Lipinski definition) is 3. The van der Waals surface area contributed by atoms with Crippen molar-refractivity contribution in [2.24, 2.45) is 0 Å². The molecule has 0 radical (unpaired) electrons. The molecule has 0 bridgehead atoms. The summed E-state index contributed by atoms with van der Waals surface area (Å²) in [7, 11) is 0. The van der Waals surface area contributed by atoms with Gasteiger partial charge < -0.3 is 25.2 Å². The molecule has 36 heavy (non-hydrogen) atoms. The van der Waals surface area contributed by atoms with E-state index < -0.39 is 54.5 Å². The molecule has 2 aliphatic heterocycles. The lowest BCUT2D eigenvalue weighted by Gasteiger charge is -2.23. The number of hydrogen-bond acceptors (Lipinski definition) is 6. The Labute approximate surface area is 207 Å². The van der Waals surface area contributed by atoms with E-state index in [0.717, 1.165) is 23.3 Å². The molecular formula is C26H28FN3O6. The Morgan fingerprint density at radius 3 is 2.39 bits per heavy atom. The maximum absolute atomic E-state index is 14.9. The van der Waals surface area contributed by atoms with Crippen LogP contribution < -0.4 is 15.0 Å². The lowest BCUT2D eigenvalue weighted by molar-refractivity contribution is -0.133. The first-order chi connectivity index (χ1) is 17.3. The number of amides is 4. The van der Waals surface area contributed by atoms with E-state index in [1.54, 1.807) is 37.3 Å². The van der Waals surface area contributed by atoms with Gasteiger partial charge in [-0.2, -0.15) is 0 Å². The van der Waals surface area contributed by atoms with Crippen molar-refractivity contribution in [1.29, 1.82) is 0 Å². The van der Waals surface area contributed by atoms with Crippen LogP contribution in [0.25, 0.3) is 0 Å². The Morgan fingerprint density at radius 2 is 1.75 bits per heavy atom. The number of aliphatic hydroxyl groups excluding tert-OH is 2. The number of anilines is 1. The number of nitrogens with zero attached hydrogens (tertiary/aromatic N) is 2. The number of nitrogens with one attached hydrogen (secondary N) is 1. The smallest absolute Gasteiger partial charge is 0.325 e. The first kappa shape index (κ1) is 24.2. The van der Waals surface area contributed by atoms with Gasteiger partial charge in [0.1, 0.15) is 36.4 Å². The molecule has 2 aromatic carbocycles. The number of aliphatic hydroxyl groups is 2. The maximum atomic E-state index is 14.9. The van der Waals surface area contributed by atoms with Gasteiger partial charge >= 0.3 is 6.03 Å². The molecule has 3 aliphatic rings. The number of ether oxygens (including phenoxy) is 1. The molecule has 3 N–H and O–H groups in total. The summed E-state index contributed by atoms with van der Waals surface area (Å²) >= 11 is 0. The monoisotopic (exact) mass is 497 g/mol. The normalized spacial score (nSPS) is 24.9. The molecule has 1 aliphatic carbocycles. The van der Waals surface area contributed by atoms with Gasteiger partial charge in [0.25, 0.3) is 11.8 Å². The fourth-order valence-corrected chi connectivity index (χ4v) is 4.88. The molecule has 2 saturated heterocycles. The summed E-state index contributed by atoms with van der Waals surface area (Å²) in [5.41, 5.74) is 1.58. The Balaban J connectivity index is 1.30. The molecule has 4 amide bonds. The predicted octanol–water partition coefficient (Wildman–Crippen LogP) is 2.22. The van der Waals surface area contributed by atoms with Crippen LogP contribution in [-0.4, -0.2) is 64.4 Å². The minimum Gasteiger partial charge on any atom is -0.491 e. The van der Waals surface area contributed by atoms with Gasteiger partial charge in [-0.25, -0.2) is 14.1 Å². The number of benzene rings is 2. The van der Waals surface area contributed by atoms with Crippen molar-refractivity contribution < 1.29 is 33.7 Å². The SMILES string of the molecule is CC1CC(N2C(=O)N[C@H](c3ccc(OCC(O)CO)cc3)C2=O)C(=O)N1c1ccc(C2CC2)cc1F. The number of halogens is 1. The summed E-state index contributed by atoms with van der Waals surface area (Å²) in [5, 5.41) is 20.9. The Bertz CT molecular complexity index is 1180. The molecule has 3 unspecified atom stereocenters. The van der Waals surface area contributed by atoms with Crippen LogP contribution in [0.4, 0.5) is 14.9 Å². The van der Waals surface area contributed by atoms with Crippen molar-refractivity contribution in [3.05, 3.63) is 59.4 Å². The summed E-state index contributed by atoms with van der Waals surface area (Å²) in [6.07, 6.45) is 1.27. The standard InChI is InChI=1S/C26H28FN3O6/c1-14-10-22(24(33)29(14)21-9-6-17(11-20(21)27)15-2-3-15)30-25(34)23(28-26(30)35)16-4-7-19(8-5-16)36-13-18(32)12-31/h4-9,11,14-15,18,22-23,31-32H,2-3,10,12-13H2,1H3,(H,28,35)/t14?,18?,22?,23-/m1/s1. The Kier molecular flexibility index (Phi) is 6.40. The van der Waals surface area contributed by atoms with Crippen LogP contribution in [0.15, 0.2) is 42.5 Å². The zero-order valence-electron chi connectivity index (χ0n) is 19.8. The fourth-order valence-electron chi connectivity index (χ4n) is 4.88. The number of urea groups is 1. The maximum Gasteiger partial charge on any atom is 0.325 e. The van der Waals surface area contributed by atoms with Gasteiger partial charge in [-0.15, -0.1) is 0 Å². The van der Waals surface area contributed by atoms with Gasteiger partial charge in [0.2, 0.25) is 0 Å². The quantitative estimate of drug-likeness (QED) is 0.481. The molecule has 2 heterocycles. The van der Waals surface area contributed by atoms with E-state index in [1.165, 1.54) is 11.0 Å². The Hall–Kier alpha value is -3.50. The minimum atomic E-state index is -1.03. The van der Waals surface area contributed by atoms with Crippen molar-refractivity contribution in [2.45, 2.75) is 56.3 Å². The highest BCUT2D eigenvalue weighted by atomic mass is 19.1. The van der Waals surface area contributed by atoms with E-state index in [-0.39, 0.29) is 18.7 Å². The second-order valence-electron chi connectivity index (χ2n) is 9.60. The van der Waals surface area contributed by atoms with Gasteiger partial charge in [0, 0.05) is 6.04 Å². The second-order valence-corrected chi connectivity index (χ2v) is 9.60. The van der Waals surface area contributed by atoms with Crippen LogP contribution >= 0.6 is 0 Å². The van der Waals surface area contributed by atoms with Crippen LogP contribution in [0.1, 0.15) is 49.3 Å². The van der Waals surface area contributed by atoms with Gasteiger partial charge in [0.05, 0.1) is 12.3 Å². The number of imide groups is 1. The molecule has 9 nitrogen and oxygen atoms in total. The van der Waals surface area contributed by atoms with E-state index in [9.17, 15) is 23.9 Å². The summed E-state index contributed by atoms with van der Waals surface area (Å²) in [4.78, 5) is 41.7. The number of carbonyl (C=O) groups is 3. The average Bonchev–Trinajstić information content (AvgIpc) is 3.62. The molecule has 0 aromatic heterocycles. The molecule has 10 heteroatoms. The zero-order valence-corrected chi connectivity index (χ0v) is 19.8. The van der Waals surface area contributed by atoms with Gasteiger partial charge in [-0.1, -0.05) is 18.2 Å². The third-order valence-corrected chi connectivity index (χ3v) is 6.96. The summed E-state index contributed by atoms with van der Waals surface area (Å²) in [5.74, 6) is -0.727. The predicted molar refractivity (Wildman–Crippen MR) is 127 cm³/mol. The Morgan fingerprint density at radius 1 is 1.06 bits per heavy atom. The summed E-state index contributed by atoms with van der Waals surface area (Å²) < 4.78 is 20.3. The molecular weight excluding hydrogens is 469 g/mol. The second kappa shape index (κ2) is 9.51. The van der Waals surface area contributed by atoms with Crippen molar-refractivity contribution in [3.63, 3.8) is 0 Å². The number of rotatable bonds is 8. The third kappa shape index (κ3) is 4.42. The van der Waals surface area contributed by atoms with Crippen molar-refractivity contribution in [1.82, 2.24) is 10.2 Å². The highest BCUT2D eigenvalue weighted by Gasteiger charge is 2.51. The first-order valence-electron chi connectivity index (χ1n) is 12.1. The topological polar surface area (TPSA) is 119 Å². The fraction of sp³-hybridized carbons (Fsp3) is 0.423. The number of carbonyl (C=O) groups excluding carboxylic acids is 3. The van der Waals surface area contributed by atoms with Crippen molar-refractivity contribution >= 4 is 23.5 Å². The van der Waals surface area contributed by atoms with Crippen LogP contribution in [0, 0.1) is 5.82 Å². The van der Waals surface area contributed by atoms with Crippen LogP contribution in [0.2, 0.25) is 0 Å². The molecule has 2 aromatic rings. The molecule has 5 rings (SSSR count). The summed E-state index contributed by atoms with van der Waals surface area (Å²) in [6, 6.07) is 8.24. The van der Waals surface area contributed by atoms with E-state index in [4.69, 9.17) is 9.84 Å². The van der Waals surface area contributed by atoms with Gasteiger partial charge in [-0.3, -0.25) is 9.59 Å². The highest BCUT2D eigenvalue weighted by Crippen LogP contribution is 2.42. The lowest BCUT2D eigenvalue weighted by Crippen LogP contribution is -2.46. The molecule has 4 atom stereocenters. The van der Waals surface area contributed by atoms with E-state index in [1.807, 2.05) is 6.07 Å². The van der Waals surface area contributed by atoms with E-state index >= 15 is 0 Å². The third-order valence-electron chi connectivity index (χ3n) is 6.96.